The highest BCUT2D eigenvalue weighted by Gasteiger charge is 2.30. The van der Waals surface area contributed by atoms with Gasteiger partial charge in [0.05, 0.1) is 11.3 Å². The molecule has 1 aromatic carbocycles. The van der Waals surface area contributed by atoms with Gasteiger partial charge in [-0.15, -0.1) is 0 Å². The highest BCUT2D eigenvalue weighted by Crippen LogP contribution is 2.34. The molecule has 1 saturated carbocycles. The number of pyridine rings is 2. The zero-order chi connectivity index (χ0) is 25.1. The topological polar surface area (TPSA) is 109 Å². The van der Waals surface area contributed by atoms with Gasteiger partial charge in [-0.25, -0.2) is 9.11 Å². The van der Waals surface area contributed by atoms with Gasteiger partial charge in [0.25, 0.3) is 11.5 Å². The molecule has 4 N–H and O–H groups in total. The predicted molar refractivity (Wildman–Crippen MR) is 136 cm³/mol. The number of nitrogens with zero attached hydrogens (tertiary/aromatic N) is 2. The minimum absolute atomic E-state index is 0.0565. The maximum absolute atomic E-state index is 14.7. The van der Waals surface area contributed by atoms with Gasteiger partial charge in [-0.2, -0.15) is 4.98 Å². The highest BCUT2D eigenvalue weighted by molar-refractivity contribution is 7.98. The largest absolute Gasteiger partial charge is 0.437 e. The normalized spacial score (nSPS) is 12.8. The molecule has 0 spiro atoms. The summed E-state index contributed by atoms with van der Waals surface area (Å²) in [7, 11) is 3.29. The van der Waals surface area contributed by atoms with Crippen LogP contribution in [0.1, 0.15) is 34.3 Å². The molecule has 1 aliphatic carbocycles. The summed E-state index contributed by atoms with van der Waals surface area (Å²) >= 11 is 1.23. The van der Waals surface area contributed by atoms with Gasteiger partial charge in [-0.1, -0.05) is 12.1 Å². The SMILES string of the molecule is CNSNc1cccc(Oc2c(C(=O)NC3CC3)c(Nc3ccc(C)cc3F)n(C)c(=O)c2C)n1. The van der Waals surface area contributed by atoms with Gasteiger partial charge < -0.3 is 20.1 Å². The van der Waals surface area contributed by atoms with Gasteiger partial charge >= 0.3 is 0 Å². The summed E-state index contributed by atoms with van der Waals surface area (Å²) in [5, 5.41) is 5.89. The number of carbonyl (C=O) groups excluding carboxylic acids is 1. The average molecular weight is 499 g/mol. The van der Waals surface area contributed by atoms with E-state index in [0.29, 0.717) is 5.82 Å². The Balaban J connectivity index is 1.83. The van der Waals surface area contributed by atoms with Crippen LogP contribution in [0.25, 0.3) is 0 Å². The Bertz CT molecular complexity index is 1330. The first-order chi connectivity index (χ1) is 16.8. The zero-order valence-corrected chi connectivity index (χ0v) is 20.7. The van der Waals surface area contributed by atoms with Crippen molar-refractivity contribution in [3.63, 3.8) is 0 Å². The first-order valence-electron chi connectivity index (χ1n) is 11.1. The molecule has 0 radical (unpaired) electrons. The van der Waals surface area contributed by atoms with Crippen molar-refractivity contribution < 1.29 is 13.9 Å². The lowest BCUT2D eigenvalue weighted by Gasteiger charge is -2.21. The van der Waals surface area contributed by atoms with E-state index >= 15 is 0 Å². The second kappa shape index (κ2) is 10.4. The number of aromatic nitrogens is 2. The number of benzene rings is 1. The van der Waals surface area contributed by atoms with Crippen LogP contribution in [0.3, 0.4) is 0 Å². The quantitative estimate of drug-likeness (QED) is 0.326. The fourth-order valence-corrected chi connectivity index (χ4v) is 3.79. The van der Waals surface area contributed by atoms with Crippen molar-refractivity contribution in [3.8, 4) is 11.6 Å². The summed E-state index contributed by atoms with van der Waals surface area (Å²) in [6, 6.07) is 9.85. The molecule has 9 nitrogen and oxygen atoms in total. The Labute approximate surface area is 206 Å². The molecule has 11 heteroatoms. The maximum atomic E-state index is 14.7. The summed E-state index contributed by atoms with van der Waals surface area (Å²) in [5.74, 6) is -0.0279. The van der Waals surface area contributed by atoms with Gasteiger partial charge in [0.1, 0.15) is 23.0 Å². The Morgan fingerprint density at radius 2 is 2.00 bits per heavy atom. The number of aryl methyl sites for hydroxylation is 1. The van der Waals surface area contributed by atoms with Crippen molar-refractivity contribution in [2.24, 2.45) is 7.05 Å². The minimum atomic E-state index is -0.503. The lowest BCUT2D eigenvalue weighted by molar-refractivity contribution is 0.0948. The number of carbonyl (C=O) groups is 1. The van der Waals surface area contributed by atoms with E-state index in [0.717, 1.165) is 18.4 Å². The van der Waals surface area contributed by atoms with Gasteiger partial charge in [0, 0.05) is 31.3 Å². The second-order valence-corrected chi connectivity index (χ2v) is 9.09. The summed E-state index contributed by atoms with van der Waals surface area (Å²) in [5.41, 5.74) is 0.819. The van der Waals surface area contributed by atoms with Crippen molar-refractivity contribution in [3.05, 3.63) is 69.3 Å². The van der Waals surface area contributed by atoms with Crippen LogP contribution in [0.15, 0.2) is 41.2 Å². The number of anilines is 3. The molecule has 1 aliphatic rings. The molecule has 0 unspecified atom stereocenters. The Hall–Kier alpha value is -3.57. The van der Waals surface area contributed by atoms with E-state index < -0.39 is 17.3 Å². The minimum Gasteiger partial charge on any atom is -0.437 e. The van der Waals surface area contributed by atoms with E-state index in [9.17, 15) is 14.0 Å². The van der Waals surface area contributed by atoms with Gasteiger partial charge in [-0.05, 0) is 57.5 Å². The van der Waals surface area contributed by atoms with Gasteiger partial charge in [0.15, 0.2) is 5.75 Å². The van der Waals surface area contributed by atoms with Crippen LogP contribution in [0, 0.1) is 19.7 Å². The highest BCUT2D eigenvalue weighted by atomic mass is 32.2. The van der Waals surface area contributed by atoms with Crippen LogP contribution in [-0.2, 0) is 7.05 Å². The molecule has 0 bridgehead atoms. The number of nitrogens with one attached hydrogen (secondary N) is 4. The molecule has 3 aromatic rings. The van der Waals surface area contributed by atoms with E-state index in [4.69, 9.17) is 4.74 Å². The first-order valence-corrected chi connectivity index (χ1v) is 11.9. The molecule has 0 aliphatic heterocycles. The standard InChI is InChI=1S/C24H27FN6O3S/c1-13-8-11-17(16(25)12-13)28-22-20(23(32)27-15-9-10-15)21(14(2)24(33)31(22)4)34-19-7-5-6-18(29-19)30-35-26-3/h5-8,11-12,15,26,28H,9-10H2,1-4H3,(H,27,32)(H,29,30). The summed E-state index contributed by atoms with van der Waals surface area (Å²) < 4.78 is 27.9. The lowest BCUT2D eigenvalue weighted by atomic mass is 10.1. The molecule has 2 heterocycles. The molecule has 1 amide bonds. The number of hydrogen-bond acceptors (Lipinski definition) is 8. The Kier molecular flexibility index (Phi) is 7.27. The van der Waals surface area contributed by atoms with Crippen molar-refractivity contribution in [1.82, 2.24) is 19.6 Å². The number of amides is 1. The van der Waals surface area contributed by atoms with E-state index in [1.54, 1.807) is 51.2 Å². The van der Waals surface area contributed by atoms with Crippen molar-refractivity contribution in [2.45, 2.75) is 32.7 Å². The van der Waals surface area contributed by atoms with Crippen molar-refractivity contribution in [2.75, 3.05) is 17.1 Å². The van der Waals surface area contributed by atoms with Crippen LogP contribution in [0.2, 0.25) is 0 Å². The third kappa shape index (κ3) is 5.57. The fourth-order valence-electron chi connectivity index (χ4n) is 3.47. The predicted octanol–water partition coefficient (Wildman–Crippen LogP) is 4.16. The smallest absolute Gasteiger partial charge is 0.259 e. The molecule has 4 rings (SSSR count). The lowest BCUT2D eigenvalue weighted by Crippen LogP contribution is -2.31. The number of halogens is 1. The van der Waals surface area contributed by atoms with Crippen LogP contribution < -0.4 is 30.4 Å². The van der Waals surface area contributed by atoms with Crippen molar-refractivity contribution >= 4 is 35.4 Å². The molecule has 0 saturated heterocycles. The maximum Gasteiger partial charge on any atom is 0.259 e. The molecule has 0 atom stereocenters. The summed E-state index contributed by atoms with van der Waals surface area (Å²) in [6.07, 6.45) is 1.75. The van der Waals surface area contributed by atoms with Gasteiger partial charge in [-0.3, -0.25) is 14.2 Å². The van der Waals surface area contributed by atoms with Crippen LogP contribution in [-0.4, -0.2) is 28.5 Å². The summed E-state index contributed by atoms with van der Waals surface area (Å²) in [4.78, 5) is 30.9. The fraction of sp³-hybridized carbons (Fsp3) is 0.292. The van der Waals surface area contributed by atoms with E-state index in [2.05, 4.69) is 25.1 Å². The molecular formula is C24H27FN6O3S. The molecule has 35 heavy (non-hydrogen) atoms. The second-order valence-electron chi connectivity index (χ2n) is 8.27. The molecule has 2 aromatic heterocycles. The van der Waals surface area contributed by atoms with Crippen LogP contribution >= 0.6 is 12.1 Å². The van der Waals surface area contributed by atoms with Crippen LogP contribution in [0.5, 0.6) is 11.6 Å². The third-order valence-electron chi connectivity index (χ3n) is 5.47. The Morgan fingerprint density at radius 1 is 1.23 bits per heavy atom. The monoisotopic (exact) mass is 498 g/mol. The molecule has 1 fully saturated rings. The third-order valence-corrected chi connectivity index (χ3v) is 5.99. The van der Waals surface area contributed by atoms with E-state index in [1.807, 2.05) is 0 Å². The van der Waals surface area contributed by atoms with E-state index in [1.165, 1.54) is 29.8 Å². The van der Waals surface area contributed by atoms with E-state index in [-0.39, 0.29) is 40.3 Å². The van der Waals surface area contributed by atoms with Gasteiger partial charge in [0.2, 0.25) is 5.88 Å². The summed E-state index contributed by atoms with van der Waals surface area (Å²) in [6.45, 7) is 3.36. The van der Waals surface area contributed by atoms with Crippen molar-refractivity contribution in [1.29, 1.82) is 0 Å². The number of ether oxygens (including phenoxy) is 1. The number of rotatable bonds is 9. The molecule has 184 valence electrons. The zero-order valence-electron chi connectivity index (χ0n) is 19.9. The Morgan fingerprint density at radius 3 is 2.69 bits per heavy atom. The average Bonchev–Trinajstić information content (AvgIpc) is 3.65. The molecular weight excluding hydrogens is 471 g/mol. The first kappa shape index (κ1) is 24.6. The van der Waals surface area contributed by atoms with Crippen LogP contribution in [0.4, 0.5) is 21.7 Å². The number of hydrogen-bond donors (Lipinski definition) is 4.